The molecule has 0 saturated heterocycles. The molecule has 138 valence electrons. The predicted octanol–water partition coefficient (Wildman–Crippen LogP) is 6.00. The zero-order chi connectivity index (χ0) is 18.5. The van der Waals surface area contributed by atoms with Gasteiger partial charge in [0.15, 0.2) is 0 Å². The molecule has 26 heavy (non-hydrogen) atoms. The van der Waals surface area contributed by atoms with Crippen LogP contribution in [0.4, 0.5) is 0 Å². The summed E-state index contributed by atoms with van der Waals surface area (Å²) in [5, 5.41) is 1.70. The largest absolute Gasteiger partial charge is 0.484 e. The van der Waals surface area contributed by atoms with Crippen LogP contribution >= 0.6 is 34.8 Å². The monoisotopic (exact) mass is 412 g/mol. The molecule has 0 aliphatic rings. The van der Waals surface area contributed by atoms with E-state index >= 15 is 0 Å². The van der Waals surface area contributed by atoms with Crippen molar-refractivity contribution in [1.29, 1.82) is 0 Å². The number of rotatable bonds is 8. The Morgan fingerprint density at radius 3 is 2.58 bits per heavy atom. The number of benzene rings is 2. The summed E-state index contributed by atoms with van der Waals surface area (Å²) in [6.45, 7) is 4.48. The lowest BCUT2D eigenvalue weighted by Crippen LogP contribution is -2.09. The van der Waals surface area contributed by atoms with Crippen LogP contribution in [0.3, 0.4) is 0 Å². The Kier molecular flexibility index (Phi) is 6.65. The van der Waals surface area contributed by atoms with Gasteiger partial charge in [0.25, 0.3) is 0 Å². The molecule has 0 spiro atoms. The molecule has 0 amide bonds. The third-order valence-corrected chi connectivity index (χ3v) is 4.68. The van der Waals surface area contributed by atoms with Crippen molar-refractivity contribution in [1.82, 2.24) is 9.55 Å². The van der Waals surface area contributed by atoms with Gasteiger partial charge in [-0.25, -0.2) is 4.98 Å². The van der Waals surface area contributed by atoms with Crippen molar-refractivity contribution in [3.63, 3.8) is 0 Å². The van der Waals surface area contributed by atoms with Crippen LogP contribution in [0.25, 0.3) is 11.0 Å². The van der Waals surface area contributed by atoms with Crippen LogP contribution in [0.1, 0.15) is 19.2 Å². The molecule has 7 heteroatoms. The van der Waals surface area contributed by atoms with Crippen molar-refractivity contribution in [3.8, 4) is 5.75 Å². The smallest absolute Gasteiger partial charge is 0.148 e. The van der Waals surface area contributed by atoms with Crippen LogP contribution in [-0.4, -0.2) is 22.8 Å². The number of halogens is 3. The Morgan fingerprint density at radius 1 is 1.04 bits per heavy atom. The van der Waals surface area contributed by atoms with E-state index in [0.29, 0.717) is 40.6 Å². The number of aromatic nitrogens is 2. The van der Waals surface area contributed by atoms with Crippen molar-refractivity contribution >= 4 is 45.8 Å². The molecule has 0 fully saturated rings. The summed E-state index contributed by atoms with van der Waals surface area (Å²) in [5.74, 6) is 1.38. The summed E-state index contributed by atoms with van der Waals surface area (Å²) in [5.41, 5.74) is 1.86. The van der Waals surface area contributed by atoms with Crippen molar-refractivity contribution in [2.24, 2.45) is 0 Å². The molecular formula is C19H19Cl3N2O2. The topological polar surface area (TPSA) is 36.3 Å². The maximum atomic E-state index is 6.18. The number of imidazole rings is 1. The average molecular weight is 414 g/mol. The normalized spacial score (nSPS) is 11.2. The summed E-state index contributed by atoms with van der Waals surface area (Å²) in [6, 6.07) is 10.9. The second kappa shape index (κ2) is 8.96. The third-order valence-electron chi connectivity index (χ3n) is 3.91. The Bertz CT molecular complexity index is 896. The first kappa shape index (κ1) is 19.3. The van der Waals surface area contributed by atoms with Crippen molar-refractivity contribution < 1.29 is 9.47 Å². The minimum atomic E-state index is 0.294. The molecule has 3 rings (SSSR count). The highest BCUT2D eigenvalue weighted by Crippen LogP contribution is 2.29. The van der Waals surface area contributed by atoms with Gasteiger partial charge in [0, 0.05) is 29.8 Å². The van der Waals surface area contributed by atoms with Gasteiger partial charge in [-0.1, -0.05) is 34.8 Å². The first-order valence-electron chi connectivity index (χ1n) is 8.38. The number of ether oxygens (including phenoxy) is 2. The van der Waals surface area contributed by atoms with Crippen LogP contribution in [0.15, 0.2) is 36.4 Å². The lowest BCUT2D eigenvalue weighted by Gasteiger charge is -2.11. The quantitative estimate of drug-likeness (QED) is 0.425. The first-order valence-corrected chi connectivity index (χ1v) is 9.52. The van der Waals surface area contributed by atoms with E-state index in [0.717, 1.165) is 29.8 Å². The average Bonchev–Trinajstić information content (AvgIpc) is 2.94. The zero-order valence-electron chi connectivity index (χ0n) is 14.3. The second-order valence-corrected chi connectivity index (χ2v) is 7.01. The SMILES string of the molecule is CCOCCCn1c(COc2ccc(Cl)cc2Cl)nc2cc(Cl)ccc21. The van der Waals surface area contributed by atoms with Gasteiger partial charge in [-0.3, -0.25) is 0 Å². The molecule has 0 aliphatic heterocycles. The number of aryl methyl sites for hydroxylation is 1. The number of nitrogens with zero attached hydrogens (tertiary/aromatic N) is 2. The van der Waals surface area contributed by atoms with E-state index in [-0.39, 0.29) is 0 Å². The van der Waals surface area contributed by atoms with Crippen LogP contribution in [0.2, 0.25) is 15.1 Å². The summed E-state index contributed by atoms with van der Waals surface area (Å²) < 4.78 is 13.4. The van der Waals surface area contributed by atoms with E-state index in [1.54, 1.807) is 18.2 Å². The molecule has 3 aromatic rings. The molecule has 0 unspecified atom stereocenters. The van der Waals surface area contributed by atoms with Crippen molar-refractivity contribution in [2.45, 2.75) is 26.5 Å². The summed E-state index contributed by atoms with van der Waals surface area (Å²) >= 11 is 18.2. The molecule has 0 atom stereocenters. The number of hydrogen-bond acceptors (Lipinski definition) is 3. The fraction of sp³-hybridized carbons (Fsp3) is 0.316. The number of fused-ring (bicyclic) bond motifs is 1. The predicted molar refractivity (Wildman–Crippen MR) is 107 cm³/mol. The summed E-state index contributed by atoms with van der Waals surface area (Å²) in [7, 11) is 0. The maximum Gasteiger partial charge on any atom is 0.148 e. The van der Waals surface area contributed by atoms with E-state index in [2.05, 4.69) is 9.55 Å². The zero-order valence-corrected chi connectivity index (χ0v) is 16.6. The Balaban J connectivity index is 1.83. The van der Waals surface area contributed by atoms with E-state index in [9.17, 15) is 0 Å². The van der Waals surface area contributed by atoms with Gasteiger partial charge in [0.05, 0.1) is 16.1 Å². The highest BCUT2D eigenvalue weighted by Gasteiger charge is 2.13. The minimum absolute atomic E-state index is 0.294. The molecular weight excluding hydrogens is 395 g/mol. The molecule has 2 aromatic carbocycles. The Labute approximate surface area is 167 Å². The van der Waals surface area contributed by atoms with Gasteiger partial charge < -0.3 is 14.0 Å². The highest BCUT2D eigenvalue weighted by molar-refractivity contribution is 6.35. The van der Waals surface area contributed by atoms with E-state index in [1.807, 2.05) is 25.1 Å². The highest BCUT2D eigenvalue weighted by atomic mass is 35.5. The van der Waals surface area contributed by atoms with Gasteiger partial charge in [-0.05, 0) is 49.7 Å². The van der Waals surface area contributed by atoms with Crippen LogP contribution in [0.5, 0.6) is 5.75 Å². The minimum Gasteiger partial charge on any atom is -0.484 e. The molecule has 0 bridgehead atoms. The molecule has 0 aliphatic carbocycles. The Hall–Kier alpha value is -1.46. The first-order chi connectivity index (χ1) is 12.6. The van der Waals surface area contributed by atoms with Gasteiger partial charge in [-0.2, -0.15) is 0 Å². The molecule has 4 nitrogen and oxygen atoms in total. The van der Waals surface area contributed by atoms with E-state index in [4.69, 9.17) is 44.3 Å². The second-order valence-electron chi connectivity index (χ2n) is 5.73. The summed E-state index contributed by atoms with van der Waals surface area (Å²) in [6.07, 6.45) is 0.886. The lowest BCUT2D eigenvalue weighted by atomic mass is 10.3. The van der Waals surface area contributed by atoms with E-state index in [1.165, 1.54) is 0 Å². The molecule has 0 saturated carbocycles. The third kappa shape index (κ3) is 4.63. The van der Waals surface area contributed by atoms with Crippen molar-refractivity contribution in [3.05, 3.63) is 57.3 Å². The Morgan fingerprint density at radius 2 is 1.81 bits per heavy atom. The standard InChI is InChI=1S/C19H19Cl3N2O2/c1-2-25-9-3-8-24-17-6-4-14(21)11-16(17)23-19(24)12-26-18-7-5-13(20)10-15(18)22/h4-7,10-11H,2-3,8-9,12H2,1H3. The van der Waals surface area contributed by atoms with Gasteiger partial charge >= 0.3 is 0 Å². The van der Waals surface area contributed by atoms with Gasteiger partial charge in [0.2, 0.25) is 0 Å². The molecule has 1 heterocycles. The molecule has 0 radical (unpaired) electrons. The van der Waals surface area contributed by atoms with Gasteiger partial charge in [0.1, 0.15) is 18.2 Å². The van der Waals surface area contributed by atoms with Gasteiger partial charge in [-0.15, -0.1) is 0 Å². The van der Waals surface area contributed by atoms with Crippen molar-refractivity contribution in [2.75, 3.05) is 13.2 Å². The lowest BCUT2D eigenvalue weighted by molar-refractivity contribution is 0.141. The van der Waals surface area contributed by atoms with Crippen LogP contribution in [-0.2, 0) is 17.9 Å². The summed E-state index contributed by atoms with van der Waals surface area (Å²) in [4.78, 5) is 4.68. The molecule has 0 N–H and O–H groups in total. The van der Waals surface area contributed by atoms with Crippen LogP contribution in [0, 0.1) is 0 Å². The van der Waals surface area contributed by atoms with Crippen LogP contribution < -0.4 is 4.74 Å². The number of hydrogen-bond donors (Lipinski definition) is 0. The fourth-order valence-electron chi connectivity index (χ4n) is 2.72. The fourth-order valence-corrected chi connectivity index (χ4v) is 3.35. The molecule has 1 aromatic heterocycles. The van der Waals surface area contributed by atoms with E-state index < -0.39 is 0 Å². The maximum absolute atomic E-state index is 6.18.